The summed E-state index contributed by atoms with van der Waals surface area (Å²) in [6.45, 7) is 0. The number of rotatable bonds is 16. The monoisotopic (exact) mass is 1830 g/mol. The molecule has 0 atom stereocenters. The molecule has 20 rings (SSSR count). The fourth-order valence-electron chi connectivity index (χ4n) is 12.4. The van der Waals surface area contributed by atoms with Crippen molar-refractivity contribution in [2.24, 2.45) is 0 Å². The molecule has 0 amide bonds. The van der Waals surface area contributed by atoms with Gasteiger partial charge in [-0.25, -0.2) is 19.9 Å². The molecular weight excluding hydrogens is 1770 g/mol. The first-order chi connectivity index (χ1) is 57.5. The summed E-state index contributed by atoms with van der Waals surface area (Å²) >= 11 is 0. The van der Waals surface area contributed by atoms with Crippen molar-refractivity contribution < 1.29 is 106 Å². The van der Waals surface area contributed by atoms with Gasteiger partial charge in [0.25, 0.3) is 0 Å². The zero-order valence-electron chi connectivity index (χ0n) is 65.6. The molecule has 0 aliphatic heterocycles. The zero-order valence-corrected chi connectivity index (χ0v) is 78.2. The summed E-state index contributed by atoms with van der Waals surface area (Å²) in [5.74, 6) is 0. The van der Waals surface area contributed by atoms with Gasteiger partial charge >= 0.3 is 77.9 Å². The first kappa shape index (κ1) is 91.6. The van der Waals surface area contributed by atoms with Crippen molar-refractivity contribution in [2.45, 2.75) is 0 Å². The van der Waals surface area contributed by atoms with Crippen molar-refractivity contribution in [3.05, 3.63) is 364 Å². The van der Waals surface area contributed by atoms with Crippen LogP contribution in [0.1, 0.15) is 0 Å². The van der Waals surface area contributed by atoms with Gasteiger partial charge in [-0.15, -0.1) is 5.69 Å². The number of hydrogen-bond donors (Lipinski definition) is 4. The number of benzene rings is 8. The third-order valence-electron chi connectivity index (χ3n) is 18.2. The number of H-pyrrole nitrogens is 4. The molecule has 26 nitrogen and oxygen atoms in total. The van der Waals surface area contributed by atoms with Gasteiger partial charge in [0.05, 0.1) is 74.0 Å². The summed E-state index contributed by atoms with van der Waals surface area (Å²) in [5, 5.41) is 64.5. The molecule has 0 aliphatic rings. The Morgan fingerprint density at radius 1 is 0.203 bits per heavy atom. The van der Waals surface area contributed by atoms with Gasteiger partial charge in [0.1, 0.15) is 22.8 Å². The van der Waals surface area contributed by atoms with Crippen LogP contribution in [0.5, 0.6) is 0 Å². The molecule has 123 heavy (non-hydrogen) atoms. The fraction of sp³-hybridized carbons (Fsp3) is 0. The van der Waals surface area contributed by atoms with Gasteiger partial charge in [-0.3, -0.25) is 28.8 Å². The Bertz CT molecular complexity index is 5570. The Hall–Kier alpha value is -13.7. The predicted octanol–water partition coefficient (Wildman–Crippen LogP) is 17.6. The molecule has 12 aromatic heterocycles. The van der Waals surface area contributed by atoms with E-state index in [0.29, 0.717) is 0 Å². The summed E-state index contributed by atoms with van der Waals surface area (Å²) in [5.41, 5.74) is 28.2. The standard InChI is InChI=1S/4C23H16N5.H2O4S.2H2O.4Zn/c4*1-3-8-16(9-4-1)20-14-22(27-25-20)18-12-7-13-19(24-18)23-15-21(26-28-23)17-10-5-2-6-11-17;1-5(2,3)4;;;;;;/h4*1-15H,(H-,25,26,27,28);(H2,1,2,3,4);2*1H2;;;;/q4*-1;;;;4*+2/p-4. The Morgan fingerprint density at radius 2 is 0.390 bits per heavy atom. The van der Waals surface area contributed by atoms with Crippen LogP contribution in [-0.4, -0.2) is 110 Å². The number of nitrogens with one attached hydrogen (secondary N) is 4. The number of hydrogen-bond acceptors (Lipinski definition) is 18. The molecule has 0 fully saturated rings. The Balaban J connectivity index is 0.000000166. The fourth-order valence-corrected chi connectivity index (χ4v) is 12.4. The normalized spacial score (nSPS) is 10.4. The van der Waals surface area contributed by atoms with E-state index in [2.05, 4.69) is 81.6 Å². The molecule has 0 aliphatic carbocycles. The minimum Gasteiger partial charge on any atom is -0.870 e. The van der Waals surface area contributed by atoms with E-state index in [1.165, 1.54) is 0 Å². The van der Waals surface area contributed by atoms with Gasteiger partial charge in [-0.1, -0.05) is 284 Å². The second-order valence-corrected chi connectivity index (χ2v) is 26.9. The van der Waals surface area contributed by atoms with Crippen molar-refractivity contribution in [1.82, 2.24) is 102 Å². The van der Waals surface area contributed by atoms with E-state index < -0.39 is 10.4 Å². The van der Waals surface area contributed by atoms with E-state index in [0.717, 1.165) is 181 Å². The van der Waals surface area contributed by atoms with Gasteiger partial charge in [0.15, 0.2) is 0 Å². The van der Waals surface area contributed by atoms with E-state index in [1.807, 2.05) is 364 Å². The molecule has 0 spiro atoms. The van der Waals surface area contributed by atoms with Gasteiger partial charge < -0.3 is 60.8 Å². The number of nitrogens with zero attached hydrogens (tertiary/aromatic N) is 16. The second kappa shape index (κ2) is 44.0. The molecule has 0 radical (unpaired) electrons. The topological polar surface area (TPSA) is 414 Å². The third kappa shape index (κ3) is 23.9. The minimum absolute atomic E-state index is 0. The number of pyridine rings is 4. The largest absolute Gasteiger partial charge is 2.00 e. The van der Waals surface area contributed by atoms with Crippen LogP contribution in [0, 0.1) is 0 Å². The van der Waals surface area contributed by atoms with Gasteiger partial charge in [0.2, 0.25) is 0 Å². The molecule has 20 aromatic rings. The molecule has 8 aromatic carbocycles. The average Bonchev–Trinajstić information content (AvgIpc) is 1.69. The van der Waals surface area contributed by atoms with Crippen LogP contribution < -0.4 is 20.4 Å². The van der Waals surface area contributed by atoms with E-state index >= 15 is 0 Å². The van der Waals surface area contributed by atoms with E-state index in [1.54, 1.807) is 0 Å². The minimum atomic E-state index is -5.17. The van der Waals surface area contributed by atoms with Gasteiger partial charge in [-0.2, -0.15) is 20.4 Å². The van der Waals surface area contributed by atoms with Crippen LogP contribution in [0.2, 0.25) is 0 Å². The van der Waals surface area contributed by atoms with Gasteiger partial charge in [0, 0.05) is 27.5 Å². The van der Waals surface area contributed by atoms with Crippen LogP contribution in [-0.2, 0) is 88.3 Å². The summed E-state index contributed by atoms with van der Waals surface area (Å²) in [4.78, 5) is 19.0. The average molecular weight is 1840 g/mol. The molecule has 0 unspecified atom stereocenters. The predicted molar refractivity (Wildman–Crippen MR) is 451 cm³/mol. The molecule has 0 bridgehead atoms. The number of aromatic nitrogens is 20. The SMILES string of the molecule is O=S(=O)([O-])[O-].[OH-].[OH-].[Zn+2].[Zn+2].[Zn+2].[Zn+2].c1ccc(-c2cc(-c3cccc(-c4cc(-c5ccccc5)[nH]n4)n3)[n-]n2)cc1.c1ccc(-c2cc(-c3cccc(-c4cc(-c5ccccc5)[nH]n4)n3)[n-]n2)cc1.c1ccc(-c2cc(-c3cccc(-c4cc(-c5ccccc5)[nH]n4)n3)[n-]n2)cc1.c1ccc(-c2cc(-c3cccc(-c4cc(-c5ccccc5)[nH]n4)n3)n[n-]2)cc1. The van der Waals surface area contributed by atoms with E-state index in [-0.39, 0.29) is 88.9 Å². The molecule has 31 heteroatoms. The quantitative estimate of drug-likeness (QED) is 0.0396. The first-order valence-electron chi connectivity index (χ1n) is 36.7. The summed E-state index contributed by atoms with van der Waals surface area (Å²) in [6.07, 6.45) is 0. The van der Waals surface area contributed by atoms with Crippen LogP contribution >= 0.6 is 0 Å². The van der Waals surface area contributed by atoms with Crippen LogP contribution in [0.3, 0.4) is 0 Å². The van der Waals surface area contributed by atoms with Crippen molar-refractivity contribution in [3.8, 4) is 181 Å². The van der Waals surface area contributed by atoms with E-state index in [9.17, 15) is 0 Å². The second-order valence-electron chi connectivity index (χ2n) is 26.1. The van der Waals surface area contributed by atoms with Crippen LogP contribution in [0.4, 0.5) is 0 Å². The van der Waals surface area contributed by atoms with Crippen molar-refractivity contribution >= 4 is 10.4 Å². The van der Waals surface area contributed by atoms with Crippen molar-refractivity contribution in [3.63, 3.8) is 0 Å². The Kier molecular flexibility index (Phi) is 32.8. The van der Waals surface area contributed by atoms with Crippen molar-refractivity contribution in [2.75, 3.05) is 0 Å². The van der Waals surface area contributed by atoms with Crippen LogP contribution in [0.25, 0.3) is 181 Å². The van der Waals surface area contributed by atoms with Crippen molar-refractivity contribution in [1.29, 1.82) is 0 Å². The molecule has 12 heterocycles. The first-order valence-corrected chi connectivity index (χ1v) is 38.0. The summed E-state index contributed by atoms with van der Waals surface area (Å²) in [6, 6.07) is 120. The maximum atomic E-state index is 8.52. The molecule has 584 valence electrons. The maximum absolute atomic E-state index is 8.52. The van der Waals surface area contributed by atoms with Crippen LogP contribution in [0.15, 0.2) is 364 Å². The molecular formula is C92H66N20O6SZn4. The maximum Gasteiger partial charge on any atom is 2.00 e. The molecule has 6 N–H and O–H groups in total. The Morgan fingerprint density at radius 3 is 0.642 bits per heavy atom. The zero-order chi connectivity index (χ0) is 79.5. The smallest absolute Gasteiger partial charge is 0.870 e. The molecule has 0 saturated carbocycles. The summed E-state index contributed by atoms with van der Waals surface area (Å²) < 4.78 is 34.1. The Labute approximate surface area is 757 Å². The van der Waals surface area contributed by atoms with E-state index in [4.69, 9.17) is 37.5 Å². The summed E-state index contributed by atoms with van der Waals surface area (Å²) in [7, 11) is -5.17. The third-order valence-corrected chi connectivity index (χ3v) is 18.2. The van der Waals surface area contributed by atoms with Gasteiger partial charge in [-0.05, 0) is 142 Å². The number of aromatic amines is 4. The molecule has 0 saturated heterocycles.